The zero-order valence-corrected chi connectivity index (χ0v) is 12.9. The minimum absolute atomic E-state index is 0.102. The normalized spacial score (nSPS) is 10.6. The molecule has 108 valence electrons. The summed E-state index contributed by atoms with van der Waals surface area (Å²) in [5.41, 5.74) is 1.32. The highest BCUT2D eigenvalue weighted by molar-refractivity contribution is 9.10. The molecule has 0 unspecified atom stereocenters. The number of aromatic hydroxyl groups is 1. The Morgan fingerprint density at radius 3 is 2.81 bits per heavy atom. The fraction of sp³-hybridized carbons (Fsp3) is 0.0625. The lowest BCUT2D eigenvalue weighted by atomic mass is 10.2. The SMILES string of the molecule is COc1ccc(Br)cc1/C=C/C(=O)Nc1cccc(O)c1. The van der Waals surface area contributed by atoms with Gasteiger partial charge in [0.15, 0.2) is 0 Å². The number of hydrogen-bond acceptors (Lipinski definition) is 3. The number of ether oxygens (including phenoxy) is 1. The van der Waals surface area contributed by atoms with Gasteiger partial charge in [-0.15, -0.1) is 0 Å². The molecule has 0 atom stereocenters. The van der Waals surface area contributed by atoms with E-state index in [-0.39, 0.29) is 11.7 Å². The van der Waals surface area contributed by atoms with Gasteiger partial charge in [-0.25, -0.2) is 0 Å². The van der Waals surface area contributed by atoms with Crippen LogP contribution in [0.4, 0.5) is 5.69 Å². The summed E-state index contributed by atoms with van der Waals surface area (Å²) >= 11 is 3.38. The van der Waals surface area contributed by atoms with Crippen molar-refractivity contribution in [2.45, 2.75) is 0 Å². The molecule has 0 saturated heterocycles. The van der Waals surface area contributed by atoms with Crippen LogP contribution in [0.25, 0.3) is 6.08 Å². The summed E-state index contributed by atoms with van der Waals surface area (Å²) in [5, 5.41) is 12.0. The monoisotopic (exact) mass is 347 g/mol. The van der Waals surface area contributed by atoms with Gasteiger partial charge in [0.2, 0.25) is 5.91 Å². The molecule has 0 fully saturated rings. The first kappa shape index (κ1) is 15.1. The van der Waals surface area contributed by atoms with Crippen LogP contribution in [0.1, 0.15) is 5.56 Å². The quantitative estimate of drug-likeness (QED) is 0.826. The van der Waals surface area contributed by atoms with Gasteiger partial charge in [0.25, 0.3) is 0 Å². The third kappa shape index (κ3) is 4.36. The summed E-state index contributed by atoms with van der Waals surface area (Å²) < 4.78 is 6.13. The van der Waals surface area contributed by atoms with Gasteiger partial charge in [-0.3, -0.25) is 4.79 Å². The van der Waals surface area contributed by atoms with Gasteiger partial charge in [0.05, 0.1) is 7.11 Å². The number of carbonyl (C=O) groups is 1. The van der Waals surface area contributed by atoms with Gasteiger partial charge >= 0.3 is 0 Å². The third-order valence-electron chi connectivity index (χ3n) is 2.72. The molecule has 0 bridgehead atoms. The highest BCUT2D eigenvalue weighted by Gasteiger charge is 2.02. The lowest BCUT2D eigenvalue weighted by Crippen LogP contribution is -2.07. The van der Waals surface area contributed by atoms with Gasteiger partial charge in [-0.1, -0.05) is 22.0 Å². The van der Waals surface area contributed by atoms with E-state index in [0.29, 0.717) is 11.4 Å². The zero-order valence-electron chi connectivity index (χ0n) is 11.3. The molecule has 0 aliphatic heterocycles. The number of rotatable bonds is 4. The average molecular weight is 348 g/mol. The molecule has 2 N–H and O–H groups in total. The van der Waals surface area contributed by atoms with Crippen molar-refractivity contribution < 1.29 is 14.6 Å². The molecule has 0 saturated carbocycles. The van der Waals surface area contributed by atoms with Gasteiger partial charge in [0, 0.05) is 27.9 Å². The summed E-state index contributed by atoms with van der Waals surface area (Å²) in [5.74, 6) is 0.493. The van der Waals surface area contributed by atoms with Crippen molar-refractivity contribution >= 4 is 33.6 Å². The molecule has 0 radical (unpaired) electrons. The summed E-state index contributed by atoms with van der Waals surface area (Å²) in [7, 11) is 1.58. The number of amides is 1. The molecule has 0 spiro atoms. The minimum atomic E-state index is -0.289. The molecule has 5 heteroatoms. The second kappa shape index (κ2) is 6.95. The maximum atomic E-state index is 11.8. The minimum Gasteiger partial charge on any atom is -0.508 e. The largest absolute Gasteiger partial charge is 0.508 e. The standard InChI is InChI=1S/C16H14BrNO3/c1-21-15-7-6-12(17)9-11(15)5-8-16(20)18-13-3-2-4-14(19)10-13/h2-10,19H,1H3,(H,18,20)/b8-5+. The lowest BCUT2D eigenvalue weighted by molar-refractivity contribution is -0.111. The van der Waals surface area contributed by atoms with E-state index < -0.39 is 0 Å². The second-order valence-corrected chi connectivity index (χ2v) is 5.17. The molecule has 0 aliphatic carbocycles. The van der Waals surface area contributed by atoms with E-state index in [0.717, 1.165) is 10.0 Å². The van der Waals surface area contributed by atoms with Crippen LogP contribution in [-0.2, 0) is 4.79 Å². The highest BCUT2D eigenvalue weighted by Crippen LogP contribution is 2.24. The summed E-state index contributed by atoms with van der Waals surface area (Å²) in [6, 6.07) is 11.9. The Morgan fingerprint density at radius 1 is 1.29 bits per heavy atom. The molecule has 0 aromatic heterocycles. The van der Waals surface area contributed by atoms with Crippen molar-refractivity contribution in [3.8, 4) is 11.5 Å². The summed E-state index contributed by atoms with van der Waals surface area (Å²) in [4.78, 5) is 11.8. The van der Waals surface area contributed by atoms with Crippen molar-refractivity contribution in [1.82, 2.24) is 0 Å². The molecule has 4 nitrogen and oxygen atoms in total. The van der Waals surface area contributed by atoms with Crippen molar-refractivity contribution in [3.05, 3.63) is 58.6 Å². The fourth-order valence-corrected chi connectivity index (χ4v) is 2.15. The van der Waals surface area contributed by atoms with Crippen LogP contribution in [0.15, 0.2) is 53.0 Å². The fourth-order valence-electron chi connectivity index (χ4n) is 1.77. The van der Waals surface area contributed by atoms with E-state index in [1.807, 2.05) is 18.2 Å². The zero-order chi connectivity index (χ0) is 15.2. The van der Waals surface area contributed by atoms with Crippen molar-refractivity contribution in [1.29, 1.82) is 0 Å². The first-order chi connectivity index (χ1) is 10.1. The van der Waals surface area contributed by atoms with Crippen molar-refractivity contribution in [2.75, 3.05) is 12.4 Å². The first-order valence-corrected chi connectivity index (χ1v) is 6.99. The van der Waals surface area contributed by atoms with Crippen LogP contribution >= 0.6 is 15.9 Å². The van der Waals surface area contributed by atoms with E-state index in [2.05, 4.69) is 21.2 Å². The van der Waals surface area contributed by atoms with Crippen molar-refractivity contribution in [3.63, 3.8) is 0 Å². The van der Waals surface area contributed by atoms with Gasteiger partial charge in [0.1, 0.15) is 11.5 Å². The van der Waals surface area contributed by atoms with Gasteiger partial charge < -0.3 is 15.2 Å². The Bertz CT molecular complexity index is 683. The lowest BCUT2D eigenvalue weighted by Gasteiger charge is -2.05. The Kier molecular flexibility index (Phi) is 5.00. The Hall–Kier alpha value is -2.27. The predicted molar refractivity (Wildman–Crippen MR) is 86.5 cm³/mol. The number of anilines is 1. The van der Waals surface area contributed by atoms with E-state index in [1.54, 1.807) is 25.3 Å². The van der Waals surface area contributed by atoms with E-state index in [4.69, 9.17) is 4.74 Å². The van der Waals surface area contributed by atoms with Crippen molar-refractivity contribution in [2.24, 2.45) is 0 Å². The average Bonchev–Trinajstić information content (AvgIpc) is 2.45. The maximum Gasteiger partial charge on any atom is 0.248 e. The van der Waals surface area contributed by atoms with Crippen LogP contribution in [0.2, 0.25) is 0 Å². The van der Waals surface area contributed by atoms with Crippen LogP contribution < -0.4 is 10.1 Å². The molecular formula is C16H14BrNO3. The van der Waals surface area contributed by atoms with Gasteiger partial charge in [-0.05, 0) is 36.4 Å². The molecule has 2 aromatic carbocycles. The molecule has 1 amide bonds. The first-order valence-electron chi connectivity index (χ1n) is 6.20. The summed E-state index contributed by atoms with van der Waals surface area (Å²) in [6.07, 6.45) is 3.08. The number of phenols is 1. The Morgan fingerprint density at radius 2 is 2.10 bits per heavy atom. The number of carbonyl (C=O) groups excluding carboxylic acids is 1. The van der Waals surface area contributed by atoms with Crippen LogP contribution in [0, 0.1) is 0 Å². The highest BCUT2D eigenvalue weighted by atomic mass is 79.9. The van der Waals surface area contributed by atoms with Crippen LogP contribution in [-0.4, -0.2) is 18.1 Å². The molecule has 2 rings (SSSR count). The number of benzene rings is 2. The predicted octanol–water partition coefficient (Wildman–Crippen LogP) is 3.82. The molecular weight excluding hydrogens is 334 g/mol. The van der Waals surface area contributed by atoms with E-state index >= 15 is 0 Å². The molecule has 21 heavy (non-hydrogen) atoms. The van der Waals surface area contributed by atoms with E-state index in [1.165, 1.54) is 18.2 Å². The van der Waals surface area contributed by atoms with E-state index in [9.17, 15) is 9.90 Å². The number of hydrogen-bond donors (Lipinski definition) is 2. The second-order valence-electron chi connectivity index (χ2n) is 4.26. The Labute approximate surface area is 131 Å². The smallest absolute Gasteiger partial charge is 0.248 e. The summed E-state index contributed by atoms with van der Waals surface area (Å²) in [6.45, 7) is 0. The number of phenolic OH excluding ortho intramolecular Hbond substituents is 1. The van der Waals surface area contributed by atoms with Crippen LogP contribution in [0.3, 0.4) is 0 Å². The topological polar surface area (TPSA) is 58.6 Å². The maximum absolute atomic E-state index is 11.8. The Balaban J connectivity index is 2.10. The third-order valence-corrected chi connectivity index (χ3v) is 3.21. The number of nitrogens with one attached hydrogen (secondary N) is 1. The molecule has 0 heterocycles. The molecule has 0 aliphatic rings. The molecule has 2 aromatic rings. The van der Waals surface area contributed by atoms with Gasteiger partial charge in [-0.2, -0.15) is 0 Å². The van der Waals surface area contributed by atoms with Crippen LogP contribution in [0.5, 0.6) is 11.5 Å². The number of methoxy groups -OCH3 is 1. The number of halogens is 1.